The molecule has 0 amide bonds. The maximum absolute atomic E-state index is 13.8. The van der Waals surface area contributed by atoms with E-state index in [1.807, 2.05) is 73.7 Å². The van der Waals surface area contributed by atoms with Gasteiger partial charge in [0.1, 0.15) is 17.9 Å². The monoisotopic (exact) mass is 467 g/mol. The van der Waals surface area contributed by atoms with E-state index in [-0.39, 0.29) is 18.8 Å². The number of rotatable bonds is 7. The Morgan fingerprint density at radius 2 is 1.57 bits per heavy atom. The number of methoxy groups -OCH3 is 1. The molecule has 0 aliphatic heterocycles. The average Bonchev–Trinajstić information content (AvgIpc) is 3.28. The Bertz CT molecular complexity index is 1540. The van der Waals surface area contributed by atoms with Crippen LogP contribution in [0.3, 0.4) is 0 Å². The summed E-state index contributed by atoms with van der Waals surface area (Å²) in [6.07, 6.45) is 0. The Kier molecular flexibility index (Phi) is 6.08. The highest BCUT2D eigenvalue weighted by atomic mass is 16.5. The van der Waals surface area contributed by atoms with Gasteiger partial charge in [0.15, 0.2) is 11.5 Å². The first-order valence-corrected chi connectivity index (χ1v) is 11.3. The van der Waals surface area contributed by atoms with Gasteiger partial charge in [-0.25, -0.2) is 0 Å². The summed E-state index contributed by atoms with van der Waals surface area (Å²) in [5.74, 6) is 0.975. The highest BCUT2D eigenvalue weighted by Crippen LogP contribution is 2.36. The van der Waals surface area contributed by atoms with Crippen molar-refractivity contribution in [2.45, 2.75) is 6.92 Å². The lowest BCUT2D eigenvalue weighted by molar-refractivity contribution is 0.196. The number of H-pyrrole nitrogens is 1. The quantitative estimate of drug-likeness (QED) is 0.362. The number of benzene rings is 3. The predicted octanol–water partition coefficient (Wildman–Crippen LogP) is 4.71. The molecule has 2 heterocycles. The van der Waals surface area contributed by atoms with E-state index in [0.29, 0.717) is 34.0 Å². The number of aliphatic hydroxyl groups is 1. The maximum atomic E-state index is 13.8. The summed E-state index contributed by atoms with van der Waals surface area (Å²) >= 11 is 0. The van der Waals surface area contributed by atoms with Gasteiger partial charge in [-0.2, -0.15) is 9.61 Å². The lowest BCUT2D eigenvalue weighted by atomic mass is 10.0. The van der Waals surface area contributed by atoms with E-state index in [1.54, 1.807) is 19.2 Å². The lowest BCUT2D eigenvalue weighted by Crippen LogP contribution is -2.19. The van der Waals surface area contributed by atoms with Crippen LogP contribution in [0.1, 0.15) is 5.69 Å². The molecule has 0 aliphatic carbocycles. The van der Waals surface area contributed by atoms with Gasteiger partial charge < -0.3 is 19.6 Å². The molecule has 0 bridgehead atoms. The van der Waals surface area contributed by atoms with E-state index in [2.05, 4.69) is 4.98 Å². The van der Waals surface area contributed by atoms with Gasteiger partial charge in [-0.1, -0.05) is 66.7 Å². The van der Waals surface area contributed by atoms with Gasteiger partial charge in [0.25, 0.3) is 5.56 Å². The molecule has 5 rings (SSSR count). The van der Waals surface area contributed by atoms with Crippen molar-refractivity contribution in [1.29, 1.82) is 0 Å². The third-order valence-electron chi connectivity index (χ3n) is 5.88. The van der Waals surface area contributed by atoms with Crippen LogP contribution in [0.15, 0.2) is 83.7 Å². The third kappa shape index (κ3) is 4.06. The number of aryl methyl sites for hydroxylation is 1. The number of aromatic amines is 1. The van der Waals surface area contributed by atoms with Crippen LogP contribution in [0.4, 0.5) is 0 Å². The van der Waals surface area contributed by atoms with Crippen molar-refractivity contribution in [2.75, 3.05) is 20.3 Å². The van der Waals surface area contributed by atoms with Crippen LogP contribution < -0.4 is 15.0 Å². The molecule has 2 aromatic heterocycles. The van der Waals surface area contributed by atoms with E-state index in [0.717, 1.165) is 22.4 Å². The molecule has 3 aromatic carbocycles. The number of hydrogen-bond acceptors (Lipinski definition) is 5. The summed E-state index contributed by atoms with van der Waals surface area (Å²) in [7, 11) is 1.55. The Morgan fingerprint density at radius 3 is 2.23 bits per heavy atom. The van der Waals surface area contributed by atoms with Gasteiger partial charge in [-0.3, -0.25) is 4.79 Å². The normalized spacial score (nSPS) is 11.1. The summed E-state index contributed by atoms with van der Waals surface area (Å²) in [5, 5.41) is 13.9. The van der Waals surface area contributed by atoms with Gasteiger partial charge >= 0.3 is 0 Å². The lowest BCUT2D eigenvalue weighted by Gasteiger charge is -2.13. The molecule has 176 valence electrons. The minimum atomic E-state index is -0.242. The summed E-state index contributed by atoms with van der Waals surface area (Å²) in [6, 6.07) is 25.1. The zero-order valence-electron chi connectivity index (χ0n) is 19.5. The number of aliphatic hydroxyl groups excluding tert-OH is 1. The van der Waals surface area contributed by atoms with Crippen LogP contribution in [0.2, 0.25) is 0 Å². The van der Waals surface area contributed by atoms with Crippen molar-refractivity contribution in [1.82, 2.24) is 14.6 Å². The number of hydrogen-bond donors (Lipinski definition) is 2. The molecule has 0 atom stereocenters. The molecule has 0 saturated heterocycles. The van der Waals surface area contributed by atoms with Crippen molar-refractivity contribution in [3.8, 4) is 45.0 Å². The summed E-state index contributed by atoms with van der Waals surface area (Å²) in [5.41, 5.74) is 5.72. The fourth-order valence-corrected chi connectivity index (χ4v) is 4.30. The Labute approximate surface area is 202 Å². The Morgan fingerprint density at radius 1 is 0.886 bits per heavy atom. The van der Waals surface area contributed by atoms with E-state index < -0.39 is 0 Å². The van der Waals surface area contributed by atoms with E-state index >= 15 is 0 Å². The molecular formula is C28H25N3O4. The average molecular weight is 468 g/mol. The molecular weight excluding hydrogens is 442 g/mol. The van der Waals surface area contributed by atoms with Crippen LogP contribution in [0.5, 0.6) is 11.5 Å². The number of fused-ring (bicyclic) bond motifs is 1. The largest absolute Gasteiger partial charge is 0.493 e. The SMILES string of the molecule is COc1ccc(-c2c(C)[nH]c3c(-c4ccccc4)c(-c4ccccc4)nn3c2=O)cc1OCCO. The fourth-order valence-electron chi connectivity index (χ4n) is 4.30. The van der Waals surface area contributed by atoms with Crippen molar-refractivity contribution >= 4 is 5.65 Å². The van der Waals surface area contributed by atoms with Crippen LogP contribution >= 0.6 is 0 Å². The zero-order valence-corrected chi connectivity index (χ0v) is 19.5. The van der Waals surface area contributed by atoms with Gasteiger partial charge in [-0.05, 0) is 30.2 Å². The first kappa shape index (κ1) is 22.4. The Balaban J connectivity index is 1.76. The van der Waals surface area contributed by atoms with Crippen LogP contribution in [0.25, 0.3) is 39.2 Å². The van der Waals surface area contributed by atoms with E-state index in [4.69, 9.17) is 19.7 Å². The number of ether oxygens (including phenoxy) is 2. The number of aromatic nitrogens is 3. The van der Waals surface area contributed by atoms with Crippen molar-refractivity contribution in [2.24, 2.45) is 0 Å². The zero-order chi connectivity index (χ0) is 24.4. The molecule has 0 saturated carbocycles. The van der Waals surface area contributed by atoms with Gasteiger partial charge in [0.2, 0.25) is 0 Å². The molecule has 0 spiro atoms. The fraction of sp³-hybridized carbons (Fsp3) is 0.143. The van der Waals surface area contributed by atoms with Gasteiger partial charge in [0.05, 0.1) is 24.8 Å². The maximum Gasteiger partial charge on any atom is 0.282 e. The van der Waals surface area contributed by atoms with Crippen molar-refractivity contribution in [3.63, 3.8) is 0 Å². The Hall–Kier alpha value is -4.36. The molecule has 35 heavy (non-hydrogen) atoms. The predicted molar refractivity (Wildman–Crippen MR) is 136 cm³/mol. The molecule has 2 N–H and O–H groups in total. The van der Waals surface area contributed by atoms with E-state index in [1.165, 1.54) is 4.52 Å². The first-order chi connectivity index (χ1) is 17.1. The summed E-state index contributed by atoms with van der Waals surface area (Å²) in [4.78, 5) is 17.3. The van der Waals surface area contributed by atoms with E-state index in [9.17, 15) is 4.79 Å². The molecule has 7 heteroatoms. The topological polar surface area (TPSA) is 88.8 Å². The second-order valence-electron chi connectivity index (χ2n) is 8.08. The van der Waals surface area contributed by atoms with Crippen molar-refractivity contribution < 1.29 is 14.6 Å². The minimum absolute atomic E-state index is 0.119. The highest BCUT2D eigenvalue weighted by molar-refractivity contribution is 5.91. The molecule has 0 radical (unpaired) electrons. The molecule has 0 fully saturated rings. The molecule has 0 unspecified atom stereocenters. The van der Waals surface area contributed by atoms with Crippen LogP contribution in [-0.2, 0) is 0 Å². The highest BCUT2D eigenvalue weighted by Gasteiger charge is 2.22. The molecule has 5 aromatic rings. The first-order valence-electron chi connectivity index (χ1n) is 11.3. The molecule has 7 nitrogen and oxygen atoms in total. The summed E-state index contributed by atoms with van der Waals surface area (Å²) in [6.45, 7) is 1.87. The van der Waals surface area contributed by atoms with Crippen LogP contribution in [-0.4, -0.2) is 40.0 Å². The standard InChI is InChI=1S/C28H25N3O4/c1-18-24(21-13-14-22(34-2)23(17-21)35-16-15-32)28(33)31-27(29-18)25(19-9-5-3-6-10-19)26(30-31)20-11-7-4-8-12-20/h3-14,17,29,32H,15-16H2,1-2H3. The smallest absolute Gasteiger partial charge is 0.282 e. The minimum Gasteiger partial charge on any atom is -0.493 e. The number of nitrogens with zero attached hydrogens (tertiary/aromatic N) is 2. The van der Waals surface area contributed by atoms with Crippen molar-refractivity contribution in [3.05, 3.63) is 94.9 Å². The third-order valence-corrected chi connectivity index (χ3v) is 5.88. The second-order valence-corrected chi connectivity index (χ2v) is 8.08. The van der Waals surface area contributed by atoms with Gasteiger partial charge in [-0.15, -0.1) is 0 Å². The van der Waals surface area contributed by atoms with Crippen LogP contribution in [0, 0.1) is 6.92 Å². The summed E-state index contributed by atoms with van der Waals surface area (Å²) < 4.78 is 12.4. The second kappa shape index (κ2) is 9.48. The molecule has 0 aliphatic rings. The van der Waals surface area contributed by atoms with Gasteiger partial charge in [0, 0.05) is 11.3 Å². The number of nitrogens with one attached hydrogen (secondary N) is 1.